The van der Waals surface area contributed by atoms with Crippen LogP contribution >= 0.6 is 0 Å². The fraction of sp³-hybridized carbons (Fsp3) is 0.364. The van der Waals surface area contributed by atoms with Crippen molar-refractivity contribution in [1.29, 1.82) is 0 Å². The number of Topliss-reactive ketones (excluding diaryl/α,β-unsaturated/α-hetero) is 1. The number of ketones is 1. The first kappa shape index (κ1) is 11.9. The van der Waals surface area contributed by atoms with E-state index in [-0.39, 0.29) is 5.78 Å². The molecule has 15 heavy (non-hydrogen) atoms. The van der Waals surface area contributed by atoms with Gasteiger partial charge in [-0.05, 0) is 6.42 Å². The van der Waals surface area contributed by atoms with E-state index in [1.165, 1.54) is 0 Å². The van der Waals surface area contributed by atoms with Crippen molar-refractivity contribution in [2.24, 2.45) is 0 Å². The Morgan fingerprint density at radius 2 is 1.80 bits per heavy atom. The van der Waals surface area contributed by atoms with Crippen molar-refractivity contribution in [3.63, 3.8) is 0 Å². The highest BCUT2D eigenvalue weighted by Gasteiger charge is 2.27. The number of carbonyl (C=O) groups is 1. The van der Waals surface area contributed by atoms with Crippen molar-refractivity contribution in [1.82, 2.24) is 0 Å². The van der Waals surface area contributed by atoms with Crippen LogP contribution in [-0.4, -0.2) is 25.7 Å². The number of carbonyl (C=O) groups excluding carboxylic acids is 1. The van der Waals surface area contributed by atoms with E-state index in [1.807, 2.05) is 0 Å². The van der Waals surface area contributed by atoms with E-state index >= 15 is 0 Å². The van der Waals surface area contributed by atoms with Crippen molar-refractivity contribution >= 4 is 15.6 Å². The Morgan fingerprint density at radius 3 is 2.20 bits per heavy atom. The molecule has 0 radical (unpaired) electrons. The third-order valence-corrected chi connectivity index (χ3v) is 3.82. The van der Waals surface area contributed by atoms with Crippen molar-refractivity contribution in [2.75, 3.05) is 6.26 Å². The molecule has 1 aromatic rings. The quantitative estimate of drug-likeness (QED) is 0.734. The Balaban J connectivity index is 3.04. The van der Waals surface area contributed by atoms with Gasteiger partial charge in [0, 0.05) is 11.8 Å². The lowest BCUT2D eigenvalue weighted by molar-refractivity contribution is 0.0985. The second-order valence-electron chi connectivity index (χ2n) is 3.46. The molecule has 0 aliphatic carbocycles. The zero-order chi connectivity index (χ0) is 11.5. The maximum absolute atomic E-state index is 11.8. The fourth-order valence-corrected chi connectivity index (χ4v) is 2.60. The van der Waals surface area contributed by atoms with Crippen LogP contribution in [0.4, 0.5) is 0 Å². The van der Waals surface area contributed by atoms with Gasteiger partial charge in [0.25, 0.3) is 0 Å². The summed E-state index contributed by atoms with van der Waals surface area (Å²) in [5, 5.41) is -0.917. The fourth-order valence-electron chi connectivity index (χ4n) is 1.47. The molecule has 3 nitrogen and oxygen atoms in total. The monoisotopic (exact) mass is 226 g/mol. The minimum atomic E-state index is -3.31. The third kappa shape index (κ3) is 2.89. The van der Waals surface area contributed by atoms with Gasteiger partial charge >= 0.3 is 0 Å². The molecule has 0 spiro atoms. The van der Waals surface area contributed by atoms with Gasteiger partial charge in [-0.1, -0.05) is 37.3 Å². The highest BCUT2D eigenvalue weighted by Crippen LogP contribution is 2.12. The van der Waals surface area contributed by atoms with Gasteiger partial charge in [0.05, 0.1) is 0 Å². The summed E-state index contributed by atoms with van der Waals surface area (Å²) < 4.78 is 22.7. The molecule has 0 bridgehead atoms. The zero-order valence-corrected chi connectivity index (χ0v) is 9.62. The molecule has 0 saturated heterocycles. The normalized spacial score (nSPS) is 13.5. The largest absolute Gasteiger partial charge is 0.293 e. The number of rotatable bonds is 4. The summed E-state index contributed by atoms with van der Waals surface area (Å²) in [5.74, 6) is -0.319. The molecule has 1 rings (SSSR count). The molecule has 0 N–H and O–H groups in total. The molecular weight excluding hydrogens is 212 g/mol. The van der Waals surface area contributed by atoms with Crippen LogP contribution in [-0.2, 0) is 9.84 Å². The first-order valence-corrected chi connectivity index (χ1v) is 6.70. The summed E-state index contributed by atoms with van der Waals surface area (Å²) in [6.45, 7) is 1.70. The maximum Gasteiger partial charge on any atom is 0.180 e. The zero-order valence-electron chi connectivity index (χ0n) is 8.80. The Hall–Kier alpha value is -1.16. The average molecular weight is 226 g/mol. The van der Waals surface area contributed by atoms with Crippen molar-refractivity contribution < 1.29 is 13.2 Å². The van der Waals surface area contributed by atoms with Crippen LogP contribution in [0.15, 0.2) is 30.3 Å². The predicted molar refractivity (Wildman–Crippen MR) is 59.7 cm³/mol. The van der Waals surface area contributed by atoms with Gasteiger partial charge in [-0.25, -0.2) is 8.42 Å². The SMILES string of the molecule is CC[C@H](C(=O)c1ccccc1)S(C)(=O)=O. The first-order valence-electron chi connectivity index (χ1n) is 4.75. The number of hydrogen-bond acceptors (Lipinski definition) is 3. The number of hydrogen-bond donors (Lipinski definition) is 0. The minimum absolute atomic E-state index is 0.312. The van der Waals surface area contributed by atoms with Gasteiger partial charge in [0.2, 0.25) is 0 Å². The first-order chi connectivity index (χ1) is 6.96. The minimum Gasteiger partial charge on any atom is -0.293 e. The number of sulfone groups is 1. The molecule has 0 unspecified atom stereocenters. The van der Waals surface area contributed by atoms with E-state index in [2.05, 4.69) is 0 Å². The van der Waals surface area contributed by atoms with Gasteiger partial charge < -0.3 is 0 Å². The standard InChI is InChI=1S/C11H14O3S/c1-3-10(15(2,13)14)11(12)9-7-5-4-6-8-9/h4-8,10H,3H2,1-2H3/t10-/m1/s1. The highest BCUT2D eigenvalue weighted by atomic mass is 32.2. The van der Waals surface area contributed by atoms with Crippen LogP contribution < -0.4 is 0 Å². The third-order valence-electron chi connectivity index (χ3n) is 2.24. The average Bonchev–Trinajstić information content (AvgIpc) is 2.18. The second-order valence-corrected chi connectivity index (χ2v) is 5.68. The van der Waals surface area contributed by atoms with Crippen molar-refractivity contribution in [3.8, 4) is 0 Å². The Morgan fingerprint density at radius 1 is 1.27 bits per heavy atom. The molecule has 0 heterocycles. The lowest BCUT2D eigenvalue weighted by atomic mass is 10.1. The summed E-state index contributed by atoms with van der Waals surface area (Å²) in [7, 11) is -3.31. The van der Waals surface area contributed by atoms with Crippen molar-refractivity contribution in [3.05, 3.63) is 35.9 Å². The molecule has 0 fully saturated rings. The molecule has 0 aliphatic rings. The summed E-state index contributed by atoms with van der Waals surface area (Å²) in [6.07, 6.45) is 1.41. The van der Waals surface area contributed by atoms with Gasteiger partial charge in [-0.2, -0.15) is 0 Å². The Labute approximate surface area is 90.0 Å². The van der Waals surface area contributed by atoms with Crippen LogP contribution in [0.3, 0.4) is 0 Å². The summed E-state index contributed by atoms with van der Waals surface area (Å²) in [5.41, 5.74) is 0.453. The summed E-state index contributed by atoms with van der Waals surface area (Å²) in [6, 6.07) is 8.51. The van der Waals surface area contributed by atoms with E-state index in [9.17, 15) is 13.2 Å². The molecule has 82 valence electrons. The van der Waals surface area contributed by atoms with Gasteiger partial charge in [-0.3, -0.25) is 4.79 Å². The second kappa shape index (κ2) is 4.57. The maximum atomic E-state index is 11.8. The van der Waals surface area contributed by atoms with Crippen LogP contribution in [0.2, 0.25) is 0 Å². The molecule has 0 aliphatic heterocycles. The Kier molecular flexibility index (Phi) is 3.63. The lowest BCUT2D eigenvalue weighted by Crippen LogP contribution is -2.28. The number of benzene rings is 1. The molecule has 4 heteroatoms. The van der Waals surface area contributed by atoms with Gasteiger partial charge in [0.1, 0.15) is 5.25 Å². The molecule has 1 atom stereocenters. The van der Waals surface area contributed by atoms with Crippen LogP contribution in [0.25, 0.3) is 0 Å². The Bertz CT molecular complexity index is 434. The molecule has 0 amide bonds. The van der Waals surface area contributed by atoms with Crippen LogP contribution in [0.5, 0.6) is 0 Å². The predicted octanol–water partition coefficient (Wildman–Crippen LogP) is 1.69. The topological polar surface area (TPSA) is 51.2 Å². The van der Waals surface area contributed by atoms with Crippen molar-refractivity contribution in [2.45, 2.75) is 18.6 Å². The van der Waals surface area contributed by atoms with Crippen LogP contribution in [0.1, 0.15) is 23.7 Å². The molecular formula is C11H14O3S. The molecule has 1 aromatic carbocycles. The smallest absolute Gasteiger partial charge is 0.180 e. The lowest BCUT2D eigenvalue weighted by Gasteiger charge is -2.11. The molecule has 0 aromatic heterocycles. The summed E-state index contributed by atoms with van der Waals surface area (Å²) in [4.78, 5) is 11.8. The highest BCUT2D eigenvalue weighted by molar-refractivity contribution is 7.92. The van der Waals surface area contributed by atoms with E-state index in [1.54, 1.807) is 37.3 Å². The van der Waals surface area contributed by atoms with Gasteiger partial charge in [-0.15, -0.1) is 0 Å². The van der Waals surface area contributed by atoms with E-state index in [0.717, 1.165) is 6.26 Å². The van der Waals surface area contributed by atoms with Crippen LogP contribution in [0, 0.1) is 0 Å². The van der Waals surface area contributed by atoms with E-state index in [0.29, 0.717) is 12.0 Å². The van der Waals surface area contributed by atoms with Gasteiger partial charge in [0.15, 0.2) is 15.6 Å². The van der Waals surface area contributed by atoms with E-state index < -0.39 is 15.1 Å². The van der Waals surface area contributed by atoms with E-state index in [4.69, 9.17) is 0 Å². The summed E-state index contributed by atoms with van der Waals surface area (Å²) >= 11 is 0. The molecule has 0 saturated carbocycles.